The summed E-state index contributed by atoms with van der Waals surface area (Å²) in [5.41, 5.74) is 0.974. The zero-order valence-corrected chi connectivity index (χ0v) is 15.1. The van der Waals surface area contributed by atoms with Gasteiger partial charge in [0.05, 0.1) is 11.4 Å². The van der Waals surface area contributed by atoms with E-state index < -0.39 is 10.0 Å². The molecule has 0 unspecified atom stereocenters. The first-order valence-electron chi connectivity index (χ1n) is 6.10. The van der Waals surface area contributed by atoms with Gasteiger partial charge in [0.2, 0.25) is 0 Å². The lowest BCUT2D eigenvalue weighted by Crippen LogP contribution is -2.16. The van der Waals surface area contributed by atoms with Crippen molar-refractivity contribution in [2.75, 3.05) is 16.6 Å². The zero-order chi connectivity index (χ0) is 15.5. The Bertz CT molecular complexity index is 751. The quantitative estimate of drug-likeness (QED) is 0.749. The Balaban J connectivity index is 2.41. The molecule has 0 saturated carbocycles. The van der Waals surface area contributed by atoms with Gasteiger partial charge < -0.3 is 5.32 Å². The maximum Gasteiger partial charge on any atom is 0.265 e. The van der Waals surface area contributed by atoms with E-state index in [0.717, 1.165) is 4.47 Å². The van der Waals surface area contributed by atoms with E-state index in [9.17, 15) is 8.42 Å². The molecule has 2 N–H and O–H groups in total. The molecule has 0 saturated heterocycles. The molecule has 112 valence electrons. The summed E-state index contributed by atoms with van der Waals surface area (Å²) in [6.45, 7) is 2.52. The third-order valence-corrected chi connectivity index (χ3v) is 5.19. The van der Waals surface area contributed by atoms with Crippen molar-refractivity contribution in [2.45, 2.75) is 11.8 Å². The fraction of sp³-hybridized carbons (Fsp3) is 0.154. The van der Waals surface area contributed by atoms with E-state index in [1.807, 2.05) is 13.0 Å². The highest BCUT2D eigenvalue weighted by molar-refractivity contribution is 9.11. The Morgan fingerprint density at radius 2 is 1.95 bits per heavy atom. The Morgan fingerprint density at radius 1 is 1.19 bits per heavy atom. The average Bonchev–Trinajstić information content (AvgIpc) is 2.43. The fourth-order valence-corrected chi connectivity index (χ4v) is 3.74. The van der Waals surface area contributed by atoms with Crippen LogP contribution in [0.4, 0.5) is 11.4 Å². The largest absolute Gasteiger partial charge is 0.384 e. The number of pyridine rings is 1. The van der Waals surface area contributed by atoms with Gasteiger partial charge in [-0.05, 0) is 47.1 Å². The van der Waals surface area contributed by atoms with Gasteiger partial charge in [-0.1, -0.05) is 15.9 Å². The lowest BCUT2D eigenvalue weighted by Gasteiger charge is -2.13. The van der Waals surface area contributed by atoms with Crippen LogP contribution in [-0.2, 0) is 10.0 Å². The van der Waals surface area contributed by atoms with Crippen LogP contribution in [0.1, 0.15) is 6.92 Å². The van der Waals surface area contributed by atoms with Crippen molar-refractivity contribution in [2.24, 2.45) is 0 Å². The highest BCUT2D eigenvalue weighted by Gasteiger charge is 2.20. The van der Waals surface area contributed by atoms with Gasteiger partial charge in [0.25, 0.3) is 10.0 Å². The van der Waals surface area contributed by atoms with Crippen LogP contribution in [-0.4, -0.2) is 19.9 Å². The SMILES string of the molecule is CCNc1ccncc1S(=O)(=O)Nc1cc(Br)ccc1Br. The number of hydrogen-bond donors (Lipinski definition) is 2. The van der Waals surface area contributed by atoms with Crippen molar-refractivity contribution in [3.63, 3.8) is 0 Å². The summed E-state index contributed by atoms with van der Waals surface area (Å²) in [5, 5.41) is 3.01. The number of hydrogen-bond acceptors (Lipinski definition) is 4. The first-order chi connectivity index (χ1) is 9.94. The molecule has 1 aromatic carbocycles. The van der Waals surface area contributed by atoms with Crippen molar-refractivity contribution in [3.05, 3.63) is 45.6 Å². The molecule has 1 aromatic heterocycles. The highest BCUT2D eigenvalue weighted by atomic mass is 79.9. The van der Waals surface area contributed by atoms with Gasteiger partial charge in [-0.25, -0.2) is 8.42 Å². The lowest BCUT2D eigenvalue weighted by atomic mass is 10.3. The monoisotopic (exact) mass is 433 g/mol. The highest BCUT2D eigenvalue weighted by Crippen LogP contribution is 2.29. The maximum absolute atomic E-state index is 12.5. The standard InChI is InChI=1S/C13H13Br2N3O2S/c1-2-17-11-5-6-16-8-13(11)21(19,20)18-12-7-9(14)3-4-10(12)15/h3-8,18H,2H2,1H3,(H,16,17). The number of aromatic nitrogens is 1. The van der Waals surface area contributed by atoms with Crippen LogP contribution in [0.25, 0.3) is 0 Å². The van der Waals surface area contributed by atoms with Gasteiger partial charge in [0.15, 0.2) is 0 Å². The van der Waals surface area contributed by atoms with Gasteiger partial charge in [-0.3, -0.25) is 9.71 Å². The molecule has 0 aliphatic heterocycles. The van der Waals surface area contributed by atoms with Crippen molar-refractivity contribution in [3.8, 4) is 0 Å². The minimum atomic E-state index is -3.73. The molecule has 2 rings (SSSR count). The van der Waals surface area contributed by atoms with Gasteiger partial charge in [0, 0.05) is 27.9 Å². The van der Waals surface area contributed by atoms with Crippen LogP contribution < -0.4 is 10.0 Å². The van der Waals surface area contributed by atoms with Gasteiger partial charge in [-0.2, -0.15) is 0 Å². The lowest BCUT2D eigenvalue weighted by molar-refractivity contribution is 0.601. The van der Waals surface area contributed by atoms with Crippen LogP contribution in [0.2, 0.25) is 0 Å². The van der Waals surface area contributed by atoms with Crippen molar-refractivity contribution < 1.29 is 8.42 Å². The van der Waals surface area contributed by atoms with Gasteiger partial charge >= 0.3 is 0 Å². The molecule has 0 radical (unpaired) electrons. The first-order valence-corrected chi connectivity index (χ1v) is 9.16. The second-order valence-corrected chi connectivity index (χ2v) is 7.55. The second-order valence-electron chi connectivity index (χ2n) is 4.13. The van der Waals surface area contributed by atoms with Crippen molar-refractivity contribution >= 4 is 53.3 Å². The summed E-state index contributed by atoms with van der Waals surface area (Å²) in [4.78, 5) is 4.01. The van der Waals surface area contributed by atoms with Crippen LogP contribution >= 0.6 is 31.9 Å². The number of rotatable bonds is 5. The van der Waals surface area contributed by atoms with Crippen LogP contribution in [0.5, 0.6) is 0 Å². The van der Waals surface area contributed by atoms with Crippen LogP contribution in [0, 0.1) is 0 Å². The van der Waals surface area contributed by atoms with E-state index in [1.54, 1.807) is 24.4 Å². The average molecular weight is 435 g/mol. The number of nitrogens with one attached hydrogen (secondary N) is 2. The summed E-state index contributed by atoms with van der Waals surface area (Å²) in [6.07, 6.45) is 2.87. The smallest absolute Gasteiger partial charge is 0.265 e. The normalized spacial score (nSPS) is 11.2. The number of nitrogens with zero attached hydrogens (tertiary/aromatic N) is 1. The minimum Gasteiger partial charge on any atom is -0.384 e. The molecule has 0 aliphatic carbocycles. The molecule has 0 amide bonds. The molecule has 2 aromatic rings. The van der Waals surface area contributed by atoms with E-state index in [2.05, 4.69) is 46.9 Å². The predicted octanol–water partition coefficient (Wildman–Crippen LogP) is 3.84. The molecule has 0 fully saturated rings. The second kappa shape index (κ2) is 6.76. The third kappa shape index (κ3) is 3.96. The Hall–Kier alpha value is -1.12. The Kier molecular flexibility index (Phi) is 5.23. The summed E-state index contributed by atoms with van der Waals surface area (Å²) in [5.74, 6) is 0. The molecule has 0 spiro atoms. The molecule has 8 heteroatoms. The molecule has 0 aliphatic rings. The molecule has 21 heavy (non-hydrogen) atoms. The molecule has 0 bridgehead atoms. The number of anilines is 2. The predicted molar refractivity (Wildman–Crippen MR) is 91.1 cm³/mol. The van der Waals surface area contributed by atoms with Crippen LogP contribution in [0.3, 0.4) is 0 Å². The zero-order valence-electron chi connectivity index (χ0n) is 11.1. The first kappa shape index (κ1) is 16.3. The maximum atomic E-state index is 12.5. The molecular weight excluding hydrogens is 422 g/mol. The number of sulfonamides is 1. The molecule has 5 nitrogen and oxygen atoms in total. The van der Waals surface area contributed by atoms with Gasteiger partial charge in [0.1, 0.15) is 4.90 Å². The van der Waals surface area contributed by atoms with E-state index >= 15 is 0 Å². The van der Waals surface area contributed by atoms with E-state index in [-0.39, 0.29) is 4.90 Å². The summed E-state index contributed by atoms with van der Waals surface area (Å²) < 4.78 is 29.1. The number of halogens is 2. The molecular formula is C13H13Br2N3O2S. The summed E-state index contributed by atoms with van der Waals surface area (Å²) in [7, 11) is -3.73. The Labute approximate surface area is 140 Å². The Morgan fingerprint density at radius 3 is 2.67 bits per heavy atom. The minimum absolute atomic E-state index is 0.110. The fourth-order valence-electron chi connectivity index (χ4n) is 1.71. The van der Waals surface area contributed by atoms with Crippen molar-refractivity contribution in [1.29, 1.82) is 0 Å². The number of benzene rings is 1. The summed E-state index contributed by atoms with van der Waals surface area (Å²) >= 11 is 6.64. The van der Waals surface area contributed by atoms with Gasteiger partial charge in [-0.15, -0.1) is 0 Å². The van der Waals surface area contributed by atoms with E-state index in [1.165, 1.54) is 6.20 Å². The van der Waals surface area contributed by atoms with Crippen molar-refractivity contribution in [1.82, 2.24) is 4.98 Å². The molecule has 0 atom stereocenters. The summed E-state index contributed by atoms with van der Waals surface area (Å²) in [6, 6.07) is 6.89. The van der Waals surface area contributed by atoms with E-state index in [0.29, 0.717) is 22.4 Å². The topological polar surface area (TPSA) is 71.1 Å². The van der Waals surface area contributed by atoms with E-state index in [4.69, 9.17) is 0 Å². The molecule has 1 heterocycles. The third-order valence-electron chi connectivity index (χ3n) is 2.61. The van der Waals surface area contributed by atoms with Crippen LogP contribution in [0.15, 0.2) is 50.5 Å².